The van der Waals surface area contributed by atoms with E-state index in [9.17, 15) is 9.59 Å². The summed E-state index contributed by atoms with van der Waals surface area (Å²) in [4.78, 5) is 27.0. The van der Waals surface area contributed by atoms with E-state index in [0.717, 1.165) is 31.2 Å². The van der Waals surface area contributed by atoms with E-state index < -0.39 is 0 Å². The first kappa shape index (κ1) is 18.0. The summed E-state index contributed by atoms with van der Waals surface area (Å²) in [6.07, 6.45) is 10.2. The van der Waals surface area contributed by atoms with E-state index in [1.807, 2.05) is 35.2 Å². The Balaban J connectivity index is 1.46. The highest BCUT2D eigenvalue weighted by atomic mass is 16.2. The van der Waals surface area contributed by atoms with E-state index in [1.54, 1.807) is 0 Å². The van der Waals surface area contributed by atoms with E-state index in [4.69, 9.17) is 0 Å². The molecule has 2 fully saturated rings. The zero-order valence-corrected chi connectivity index (χ0v) is 15.1. The highest BCUT2D eigenvalue weighted by Gasteiger charge is 2.28. The number of carbonyl (C=O) groups is 2. The van der Waals surface area contributed by atoms with Crippen LogP contribution >= 0.6 is 0 Å². The Morgan fingerprint density at radius 1 is 0.840 bits per heavy atom. The van der Waals surface area contributed by atoms with Crippen molar-refractivity contribution in [3.63, 3.8) is 0 Å². The van der Waals surface area contributed by atoms with Gasteiger partial charge in [-0.15, -0.1) is 0 Å². The highest BCUT2D eigenvalue weighted by Crippen LogP contribution is 2.21. The van der Waals surface area contributed by atoms with Gasteiger partial charge in [-0.1, -0.05) is 50.3 Å². The third-order valence-electron chi connectivity index (χ3n) is 5.63. The lowest BCUT2D eigenvalue weighted by molar-refractivity contribution is -0.127. The van der Waals surface area contributed by atoms with Crippen molar-refractivity contribution in [2.45, 2.75) is 63.8 Å². The van der Waals surface area contributed by atoms with Crippen LogP contribution in [0.25, 0.3) is 0 Å². The average Bonchev–Trinajstić information content (AvgIpc) is 2.64. The van der Waals surface area contributed by atoms with Crippen LogP contribution in [0.3, 0.4) is 0 Å². The molecule has 2 amide bonds. The summed E-state index contributed by atoms with van der Waals surface area (Å²) < 4.78 is 0. The molecule has 1 aliphatic heterocycles. The maximum Gasteiger partial charge on any atom is 0.253 e. The highest BCUT2D eigenvalue weighted by molar-refractivity contribution is 5.94. The number of rotatable bonds is 3. The molecular formula is C21H30N2O2. The molecule has 136 valence electrons. The Kier molecular flexibility index (Phi) is 6.48. The van der Waals surface area contributed by atoms with Gasteiger partial charge in [-0.25, -0.2) is 0 Å². The third-order valence-corrected chi connectivity index (χ3v) is 5.63. The van der Waals surface area contributed by atoms with Gasteiger partial charge in [-0.3, -0.25) is 9.59 Å². The van der Waals surface area contributed by atoms with Gasteiger partial charge in [0.15, 0.2) is 0 Å². The second kappa shape index (κ2) is 9.02. The summed E-state index contributed by atoms with van der Waals surface area (Å²) in [5.74, 6) is 0.349. The summed E-state index contributed by atoms with van der Waals surface area (Å²) in [6.45, 7) is 1.35. The SMILES string of the molecule is O=C(NC1CCCCCCC1)C1CCN(C(=O)c2ccccc2)CC1. The van der Waals surface area contributed by atoms with Gasteiger partial charge in [0.25, 0.3) is 5.91 Å². The van der Waals surface area contributed by atoms with Crippen LogP contribution in [-0.2, 0) is 4.79 Å². The van der Waals surface area contributed by atoms with Crippen LogP contribution in [0.1, 0.15) is 68.1 Å². The largest absolute Gasteiger partial charge is 0.353 e. The van der Waals surface area contributed by atoms with E-state index >= 15 is 0 Å². The molecule has 1 aromatic carbocycles. The summed E-state index contributed by atoms with van der Waals surface area (Å²) in [7, 11) is 0. The van der Waals surface area contributed by atoms with Crippen molar-refractivity contribution in [3.8, 4) is 0 Å². The molecule has 1 N–H and O–H groups in total. The van der Waals surface area contributed by atoms with Crippen LogP contribution in [-0.4, -0.2) is 35.8 Å². The Morgan fingerprint density at radius 3 is 2.08 bits per heavy atom. The molecule has 0 bridgehead atoms. The smallest absolute Gasteiger partial charge is 0.253 e. The molecule has 1 aromatic rings. The minimum atomic E-state index is 0.0604. The van der Waals surface area contributed by atoms with Gasteiger partial charge in [0.05, 0.1) is 0 Å². The number of nitrogens with one attached hydrogen (secondary N) is 1. The molecule has 0 unspecified atom stereocenters. The Bertz CT molecular complexity index is 557. The molecule has 1 saturated carbocycles. The number of benzene rings is 1. The average molecular weight is 342 g/mol. The molecule has 4 nitrogen and oxygen atoms in total. The Labute approximate surface area is 151 Å². The normalized spacial score (nSPS) is 20.6. The van der Waals surface area contributed by atoms with Crippen molar-refractivity contribution in [2.24, 2.45) is 5.92 Å². The molecule has 4 heteroatoms. The molecule has 0 aromatic heterocycles. The summed E-state index contributed by atoms with van der Waals surface area (Å²) in [5.41, 5.74) is 0.736. The number of hydrogen-bond acceptors (Lipinski definition) is 2. The minimum absolute atomic E-state index is 0.0604. The fourth-order valence-corrected chi connectivity index (χ4v) is 4.03. The molecule has 0 radical (unpaired) electrons. The zero-order chi connectivity index (χ0) is 17.5. The second-order valence-corrected chi connectivity index (χ2v) is 7.48. The zero-order valence-electron chi connectivity index (χ0n) is 15.1. The third kappa shape index (κ3) is 5.07. The Morgan fingerprint density at radius 2 is 1.44 bits per heavy atom. The molecule has 1 aliphatic carbocycles. The molecule has 0 spiro atoms. The molecular weight excluding hydrogens is 312 g/mol. The summed E-state index contributed by atoms with van der Waals surface area (Å²) in [5, 5.41) is 3.29. The molecule has 25 heavy (non-hydrogen) atoms. The van der Waals surface area contributed by atoms with Crippen molar-refractivity contribution in [1.29, 1.82) is 0 Å². The lowest BCUT2D eigenvalue weighted by Gasteiger charge is -2.32. The van der Waals surface area contributed by atoms with Crippen molar-refractivity contribution >= 4 is 11.8 Å². The van der Waals surface area contributed by atoms with E-state index in [-0.39, 0.29) is 17.7 Å². The van der Waals surface area contributed by atoms with E-state index in [1.165, 1.54) is 32.1 Å². The monoisotopic (exact) mass is 342 g/mol. The predicted octanol–water partition coefficient (Wildman–Crippen LogP) is 3.77. The number of carbonyl (C=O) groups excluding carboxylic acids is 2. The van der Waals surface area contributed by atoms with Crippen LogP contribution in [0, 0.1) is 5.92 Å². The van der Waals surface area contributed by atoms with Crippen LogP contribution in [0.15, 0.2) is 30.3 Å². The first-order valence-electron chi connectivity index (χ1n) is 9.89. The molecule has 3 rings (SSSR count). The number of likely N-dealkylation sites (tertiary alicyclic amines) is 1. The lowest BCUT2D eigenvalue weighted by atomic mass is 9.93. The maximum absolute atomic E-state index is 12.6. The molecule has 1 saturated heterocycles. The standard InChI is InChI=1S/C21H30N2O2/c24-20(22-19-11-7-2-1-3-8-12-19)17-13-15-23(16-14-17)21(25)18-9-5-4-6-10-18/h4-6,9-10,17,19H,1-3,7-8,11-16H2,(H,22,24). The van der Waals surface area contributed by atoms with Gasteiger partial charge in [-0.05, 0) is 37.8 Å². The van der Waals surface area contributed by atoms with Gasteiger partial charge in [-0.2, -0.15) is 0 Å². The van der Waals surface area contributed by atoms with Gasteiger partial charge in [0.1, 0.15) is 0 Å². The first-order chi connectivity index (χ1) is 12.2. The predicted molar refractivity (Wildman–Crippen MR) is 99.3 cm³/mol. The van der Waals surface area contributed by atoms with Gasteiger partial charge in [0.2, 0.25) is 5.91 Å². The van der Waals surface area contributed by atoms with E-state index in [0.29, 0.717) is 19.1 Å². The number of piperidine rings is 1. The van der Waals surface area contributed by atoms with Crippen molar-refractivity contribution in [2.75, 3.05) is 13.1 Å². The van der Waals surface area contributed by atoms with Gasteiger partial charge < -0.3 is 10.2 Å². The van der Waals surface area contributed by atoms with Crippen LogP contribution in [0.2, 0.25) is 0 Å². The number of amides is 2. The van der Waals surface area contributed by atoms with Crippen LogP contribution in [0.5, 0.6) is 0 Å². The number of nitrogens with zero attached hydrogens (tertiary/aromatic N) is 1. The van der Waals surface area contributed by atoms with Gasteiger partial charge in [0, 0.05) is 30.6 Å². The minimum Gasteiger partial charge on any atom is -0.353 e. The van der Waals surface area contributed by atoms with Crippen LogP contribution < -0.4 is 5.32 Å². The van der Waals surface area contributed by atoms with Gasteiger partial charge >= 0.3 is 0 Å². The second-order valence-electron chi connectivity index (χ2n) is 7.48. The molecule has 1 heterocycles. The topological polar surface area (TPSA) is 49.4 Å². The quantitative estimate of drug-likeness (QED) is 0.909. The maximum atomic E-state index is 12.6. The van der Waals surface area contributed by atoms with Crippen molar-refractivity contribution < 1.29 is 9.59 Å². The fraction of sp³-hybridized carbons (Fsp3) is 0.619. The lowest BCUT2D eigenvalue weighted by Crippen LogP contribution is -2.45. The van der Waals surface area contributed by atoms with Crippen molar-refractivity contribution in [3.05, 3.63) is 35.9 Å². The first-order valence-corrected chi connectivity index (χ1v) is 9.89. The van der Waals surface area contributed by atoms with Crippen molar-refractivity contribution in [1.82, 2.24) is 10.2 Å². The molecule has 2 aliphatic rings. The van der Waals surface area contributed by atoms with E-state index in [2.05, 4.69) is 5.32 Å². The van der Waals surface area contributed by atoms with Crippen LogP contribution in [0.4, 0.5) is 0 Å². The Hall–Kier alpha value is -1.84. The number of hydrogen-bond donors (Lipinski definition) is 1. The fourth-order valence-electron chi connectivity index (χ4n) is 4.03. The summed E-state index contributed by atoms with van der Waals surface area (Å²) in [6, 6.07) is 9.77. The summed E-state index contributed by atoms with van der Waals surface area (Å²) >= 11 is 0. The molecule has 0 atom stereocenters.